The molecule has 3 heterocycles. The molecule has 2 aliphatic rings. The topological polar surface area (TPSA) is 77.5 Å². The lowest BCUT2D eigenvalue weighted by Crippen LogP contribution is -2.28. The van der Waals surface area contributed by atoms with Crippen molar-refractivity contribution in [3.63, 3.8) is 0 Å². The van der Waals surface area contributed by atoms with Crippen LogP contribution in [0.3, 0.4) is 0 Å². The average molecular weight is 485 g/mol. The van der Waals surface area contributed by atoms with E-state index in [1.807, 2.05) is 19.1 Å². The van der Waals surface area contributed by atoms with Gasteiger partial charge in [-0.3, -0.25) is 4.79 Å². The number of carbonyl (C=O) groups is 1. The minimum Gasteiger partial charge on any atom is -0.508 e. The summed E-state index contributed by atoms with van der Waals surface area (Å²) in [5, 5.41) is 16.7. The largest absolute Gasteiger partial charge is 0.508 e. The molecule has 1 fully saturated rings. The van der Waals surface area contributed by atoms with Crippen LogP contribution in [0, 0.1) is 12.8 Å². The van der Waals surface area contributed by atoms with E-state index in [-0.39, 0.29) is 11.5 Å². The Hall–Kier alpha value is -3.38. The van der Waals surface area contributed by atoms with Gasteiger partial charge < -0.3 is 20.6 Å². The molecule has 1 atom stereocenters. The first-order valence-corrected chi connectivity index (χ1v) is 13.1. The van der Waals surface area contributed by atoms with E-state index in [0.717, 1.165) is 34.8 Å². The minimum atomic E-state index is 0.0292. The molecule has 1 aromatic heterocycles. The molecule has 6 heteroatoms. The fourth-order valence-corrected chi connectivity index (χ4v) is 5.45. The predicted octanol–water partition coefficient (Wildman–Crippen LogP) is 6.37. The first kappa shape index (κ1) is 24.3. The molecule has 0 amide bonds. The first-order valence-electron chi connectivity index (χ1n) is 13.1. The molecule has 1 unspecified atom stereocenters. The Bertz CT molecular complexity index is 1270. The molecule has 5 rings (SSSR count). The van der Waals surface area contributed by atoms with Crippen molar-refractivity contribution < 1.29 is 9.90 Å². The third-order valence-corrected chi connectivity index (χ3v) is 7.62. The molecule has 3 aromatic rings. The number of rotatable bonds is 7. The maximum atomic E-state index is 13.4. The number of aryl methyl sites for hydroxylation is 2. The van der Waals surface area contributed by atoms with Gasteiger partial charge in [0.05, 0.1) is 11.3 Å². The van der Waals surface area contributed by atoms with Gasteiger partial charge in [0.1, 0.15) is 11.6 Å². The summed E-state index contributed by atoms with van der Waals surface area (Å²) in [4.78, 5) is 20.5. The maximum Gasteiger partial charge on any atom is 0.173 e. The average Bonchev–Trinajstić information content (AvgIpc) is 3.27. The number of aromatic hydroxyl groups is 1. The van der Waals surface area contributed by atoms with Crippen LogP contribution in [0.2, 0.25) is 0 Å². The molecule has 0 spiro atoms. The van der Waals surface area contributed by atoms with Gasteiger partial charge in [-0.15, -0.1) is 0 Å². The fraction of sp³-hybridized carbons (Fsp3) is 0.400. The molecule has 0 bridgehead atoms. The molecule has 2 aromatic carbocycles. The highest BCUT2D eigenvalue weighted by atomic mass is 16.3. The lowest BCUT2D eigenvalue weighted by atomic mass is 9.96. The first-order chi connectivity index (χ1) is 17.4. The zero-order chi connectivity index (χ0) is 25.2. The van der Waals surface area contributed by atoms with Crippen LogP contribution in [0.15, 0.2) is 48.7 Å². The summed E-state index contributed by atoms with van der Waals surface area (Å²) >= 11 is 0. The Morgan fingerprint density at radius 3 is 2.83 bits per heavy atom. The van der Waals surface area contributed by atoms with Gasteiger partial charge in [0.2, 0.25) is 0 Å². The molecule has 0 radical (unpaired) electrons. The second kappa shape index (κ2) is 10.3. The number of anilines is 4. The summed E-state index contributed by atoms with van der Waals surface area (Å²) in [6.07, 6.45) is 6.81. The smallest absolute Gasteiger partial charge is 0.173 e. The standard InChI is InChI=1S/C30H36N4O2/c1-19(2)34-14-12-22(18-34)6-4-5-21-8-10-25-23(15-21)16-28(36)29-26(11-13-31-30(29)33-25)32-27-17-24(35)9-7-20(27)3/h7-11,13,15,17,19,22,35H,4-6,12,14,16,18H2,1-3H3,(H2,31,32,33). The molecule has 36 heavy (non-hydrogen) atoms. The third-order valence-electron chi connectivity index (χ3n) is 7.62. The van der Waals surface area contributed by atoms with E-state index in [1.165, 1.54) is 37.9 Å². The summed E-state index contributed by atoms with van der Waals surface area (Å²) in [7, 11) is 0. The molecule has 0 saturated carbocycles. The second-order valence-corrected chi connectivity index (χ2v) is 10.6. The second-order valence-electron chi connectivity index (χ2n) is 10.6. The van der Waals surface area contributed by atoms with Crippen molar-refractivity contribution in [2.45, 2.75) is 58.9 Å². The number of Topliss-reactive ketones (excluding diaryl/α,β-unsaturated/α-hetero) is 1. The number of phenolic OH excluding ortho intramolecular Hbond substituents is 1. The van der Waals surface area contributed by atoms with Gasteiger partial charge in [0.25, 0.3) is 0 Å². The Morgan fingerprint density at radius 2 is 2.03 bits per heavy atom. The van der Waals surface area contributed by atoms with Gasteiger partial charge in [-0.05, 0) is 93.8 Å². The van der Waals surface area contributed by atoms with E-state index >= 15 is 0 Å². The van der Waals surface area contributed by atoms with Crippen LogP contribution in [0.25, 0.3) is 0 Å². The highest BCUT2D eigenvalue weighted by Gasteiger charge is 2.25. The Balaban J connectivity index is 1.29. The molecule has 6 nitrogen and oxygen atoms in total. The molecule has 3 N–H and O–H groups in total. The lowest BCUT2D eigenvalue weighted by Gasteiger charge is -2.20. The highest BCUT2D eigenvalue weighted by Crippen LogP contribution is 2.35. The number of hydrogen-bond donors (Lipinski definition) is 3. The molecule has 2 aliphatic heterocycles. The third kappa shape index (κ3) is 5.24. The van der Waals surface area contributed by atoms with Crippen LogP contribution >= 0.6 is 0 Å². The van der Waals surface area contributed by atoms with E-state index in [0.29, 0.717) is 29.5 Å². The van der Waals surface area contributed by atoms with E-state index in [1.54, 1.807) is 18.3 Å². The SMILES string of the molecule is Cc1ccc(O)cc1Nc1ccnc2c1C(=O)Cc1cc(CCCC3CCN(C(C)C)C3)ccc1N2. The lowest BCUT2D eigenvalue weighted by molar-refractivity contribution is 0.0995. The van der Waals surface area contributed by atoms with Crippen molar-refractivity contribution >= 4 is 28.7 Å². The highest BCUT2D eigenvalue weighted by molar-refractivity contribution is 6.09. The number of aromatic nitrogens is 1. The van der Waals surface area contributed by atoms with Gasteiger partial charge in [-0.2, -0.15) is 0 Å². The summed E-state index contributed by atoms with van der Waals surface area (Å²) in [5.74, 6) is 1.57. The quantitative estimate of drug-likeness (QED) is 0.361. The summed E-state index contributed by atoms with van der Waals surface area (Å²) in [6, 6.07) is 14.1. The fourth-order valence-electron chi connectivity index (χ4n) is 5.45. The Kier molecular flexibility index (Phi) is 6.97. The number of nitrogens with zero attached hydrogens (tertiary/aromatic N) is 2. The van der Waals surface area contributed by atoms with Crippen molar-refractivity contribution in [3.05, 3.63) is 70.9 Å². The number of nitrogens with one attached hydrogen (secondary N) is 2. The van der Waals surface area contributed by atoms with Crippen molar-refractivity contribution in [1.29, 1.82) is 0 Å². The van der Waals surface area contributed by atoms with Crippen LogP contribution in [0.5, 0.6) is 5.75 Å². The van der Waals surface area contributed by atoms with Crippen molar-refractivity contribution in [2.75, 3.05) is 23.7 Å². The maximum absolute atomic E-state index is 13.4. The van der Waals surface area contributed by atoms with Gasteiger partial charge in [0, 0.05) is 42.6 Å². The van der Waals surface area contributed by atoms with E-state index < -0.39 is 0 Å². The number of carbonyl (C=O) groups excluding carboxylic acids is 1. The molecule has 188 valence electrons. The van der Waals surface area contributed by atoms with Gasteiger partial charge in [-0.1, -0.05) is 18.2 Å². The van der Waals surface area contributed by atoms with Gasteiger partial charge in [-0.25, -0.2) is 4.98 Å². The van der Waals surface area contributed by atoms with Gasteiger partial charge in [0.15, 0.2) is 5.78 Å². The van der Waals surface area contributed by atoms with E-state index in [4.69, 9.17) is 0 Å². The number of pyridine rings is 1. The summed E-state index contributed by atoms with van der Waals surface area (Å²) in [5.41, 5.74) is 6.22. The van der Waals surface area contributed by atoms with Crippen LogP contribution < -0.4 is 10.6 Å². The van der Waals surface area contributed by atoms with E-state index in [9.17, 15) is 9.90 Å². The van der Waals surface area contributed by atoms with Crippen LogP contribution in [0.4, 0.5) is 22.9 Å². The van der Waals surface area contributed by atoms with E-state index in [2.05, 4.69) is 52.6 Å². The molecule has 0 aliphatic carbocycles. The van der Waals surface area contributed by atoms with Crippen molar-refractivity contribution in [1.82, 2.24) is 9.88 Å². The summed E-state index contributed by atoms with van der Waals surface area (Å²) < 4.78 is 0. The predicted molar refractivity (Wildman–Crippen MR) is 146 cm³/mol. The number of phenols is 1. The van der Waals surface area contributed by atoms with Crippen molar-refractivity contribution in [3.8, 4) is 5.75 Å². The normalized spacial score (nSPS) is 17.4. The zero-order valence-electron chi connectivity index (χ0n) is 21.5. The Morgan fingerprint density at radius 1 is 1.17 bits per heavy atom. The van der Waals surface area contributed by atoms with Crippen molar-refractivity contribution in [2.24, 2.45) is 5.92 Å². The monoisotopic (exact) mass is 484 g/mol. The summed E-state index contributed by atoms with van der Waals surface area (Å²) in [6.45, 7) is 8.99. The number of likely N-dealkylation sites (tertiary alicyclic amines) is 1. The number of hydrogen-bond acceptors (Lipinski definition) is 6. The number of benzene rings is 2. The number of ketones is 1. The van der Waals surface area contributed by atoms with Crippen LogP contribution in [-0.2, 0) is 12.8 Å². The zero-order valence-corrected chi connectivity index (χ0v) is 21.5. The molecular formula is C30H36N4O2. The molecular weight excluding hydrogens is 448 g/mol. The minimum absolute atomic E-state index is 0.0292. The molecule has 1 saturated heterocycles. The van der Waals surface area contributed by atoms with Crippen LogP contribution in [-0.4, -0.2) is 39.9 Å². The Labute approximate surface area is 213 Å². The van der Waals surface area contributed by atoms with Crippen LogP contribution in [0.1, 0.15) is 60.2 Å². The van der Waals surface area contributed by atoms with Gasteiger partial charge >= 0.3 is 0 Å². The number of fused-ring (bicyclic) bond motifs is 2.